The Morgan fingerprint density at radius 1 is 1.44 bits per heavy atom. The second kappa shape index (κ2) is 3.31. The molecule has 0 saturated heterocycles. The van der Waals surface area contributed by atoms with Crippen LogP contribution >= 0.6 is 23.4 Å². The highest BCUT2D eigenvalue weighted by Crippen LogP contribution is 2.55. The molecule has 2 aliphatic rings. The van der Waals surface area contributed by atoms with Gasteiger partial charge in [0.25, 0.3) is 0 Å². The van der Waals surface area contributed by atoms with Gasteiger partial charge in [-0.15, -0.1) is 11.8 Å². The van der Waals surface area contributed by atoms with Gasteiger partial charge in [-0.2, -0.15) is 0 Å². The van der Waals surface area contributed by atoms with E-state index in [4.69, 9.17) is 11.6 Å². The summed E-state index contributed by atoms with van der Waals surface area (Å²) in [5, 5.41) is 10.9. The van der Waals surface area contributed by atoms with Gasteiger partial charge in [0.2, 0.25) is 0 Å². The molecule has 3 heteroatoms. The lowest BCUT2D eigenvalue weighted by molar-refractivity contribution is 0.459. The predicted octanol–water partition coefficient (Wildman–Crippen LogP) is 3.82. The molecule has 0 spiro atoms. The monoisotopic (exact) mass is 250 g/mol. The van der Waals surface area contributed by atoms with Gasteiger partial charge in [0.1, 0.15) is 5.75 Å². The molecule has 2 unspecified atom stereocenters. The molecule has 0 bridgehead atoms. The molecule has 1 aliphatic carbocycles. The van der Waals surface area contributed by atoms with E-state index in [1.807, 2.05) is 12.1 Å². The number of benzene rings is 1. The molecular formula is C13H11ClOS. The fourth-order valence-corrected chi connectivity index (χ4v) is 4.11. The minimum Gasteiger partial charge on any atom is -0.507 e. The third-order valence-corrected chi connectivity index (χ3v) is 5.11. The highest BCUT2D eigenvalue weighted by atomic mass is 35.5. The van der Waals surface area contributed by atoms with Crippen molar-refractivity contribution in [3.63, 3.8) is 0 Å². The van der Waals surface area contributed by atoms with Gasteiger partial charge in [0.15, 0.2) is 0 Å². The summed E-state index contributed by atoms with van der Waals surface area (Å²) in [6.07, 6.45) is 6.14. The molecule has 1 aromatic carbocycles. The fraction of sp³-hybridized carbons (Fsp3) is 0.231. The number of fused-ring (bicyclic) bond motifs is 3. The molecular weight excluding hydrogens is 240 g/mol. The van der Waals surface area contributed by atoms with Crippen LogP contribution in [0.2, 0.25) is 0 Å². The Kier molecular flexibility index (Phi) is 2.13. The molecule has 1 aromatic rings. The summed E-state index contributed by atoms with van der Waals surface area (Å²) in [5.41, 5.74) is 1.15. The number of hydrogen-bond acceptors (Lipinski definition) is 2. The first-order chi connectivity index (χ1) is 7.61. The van der Waals surface area contributed by atoms with Gasteiger partial charge in [-0.3, -0.25) is 0 Å². The Hall–Kier alpha value is -0.860. The molecule has 0 amide bonds. The molecule has 2 atom stereocenters. The van der Waals surface area contributed by atoms with Crippen LogP contribution in [0.25, 0.3) is 0 Å². The average Bonchev–Trinajstić information content (AvgIpc) is 2.54. The van der Waals surface area contributed by atoms with Crippen LogP contribution in [0.15, 0.2) is 46.4 Å². The molecule has 0 aromatic heterocycles. The smallest absolute Gasteiger partial charge is 0.129 e. The second-order valence-electron chi connectivity index (χ2n) is 4.36. The first kappa shape index (κ1) is 10.3. The lowest BCUT2D eigenvalue weighted by Gasteiger charge is -2.29. The van der Waals surface area contributed by atoms with Crippen molar-refractivity contribution in [1.29, 1.82) is 0 Å². The Bertz CT molecular complexity index is 521. The first-order valence-electron chi connectivity index (χ1n) is 5.17. The molecule has 1 aliphatic heterocycles. The van der Waals surface area contributed by atoms with Crippen LogP contribution in [-0.2, 0) is 5.41 Å². The van der Waals surface area contributed by atoms with Crippen molar-refractivity contribution in [2.45, 2.75) is 22.5 Å². The number of rotatable bonds is 0. The highest BCUT2D eigenvalue weighted by molar-refractivity contribution is 8.00. The van der Waals surface area contributed by atoms with Gasteiger partial charge >= 0.3 is 0 Å². The Labute approximate surface area is 104 Å². The molecule has 1 nitrogen and oxygen atoms in total. The fourth-order valence-electron chi connectivity index (χ4n) is 2.32. The Morgan fingerprint density at radius 3 is 3.06 bits per heavy atom. The largest absolute Gasteiger partial charge is 0.507 e. The van der Waals surface area contributed by atoms with Crippen LogP contribution in [-0.4, -0.2) is 10.4 Å². The van der Waals surface area contributed by atoms with E-state index in [1.54, 1.807) is 17.8 Å². The van der Waals surface area contributed by atoms with Gasteiger partial charge < -0.3 is 5.11 Å². The van der Waals surface area contributed by atoms with E-state index in [0.717, 1.165) is 9.93 Å². The standard InChI is InChI=1S/C13H11ClOS/c1-13-6-5-8(14)7-11(13)16-12-9(13)3-2-4-10(12)15/h2-7,11,15H,1H3. The normalized spacial score (nSPS) is 30.9. The lowest BCUT2D eigenvalue weighted by atomic mass is 9.77. The van der Waals surface area contributed by atoms with Crippen LogP contribution in [0.3, 0.4) is 0 Å². The summed E-state index contributed by atoms with van der Waals surface area (Å²) in [5.74, 6) is 0.371. The van der Waals surface area contributed by atoms with Gasteiger partial charge in [0.05, 0.1) is 4.90 Å². The van der Waals surface area contributed by atoms with Crippen LogP contribution in [0.5, 0.6) is 5.75 Å². The van der Waals surface area contributed by atoms with Gasteiger partial charge in [0, 0.05) is 15.7 Å². The summed E-state index contributed by atoms with van der Waals surface area (Å²) in [7, 11) is 0. The summed E-state index contributed by atoms with van der Waals surface area (Å²) >= 11 is 7.71. The van der Waals surface area contributed by atoms with Crippen LogP contribution in [0.4, 0.5) is 0 Å². The predicted molar refractivity (Wildman–Crippen MR) is 68.2 cm³/mol. The van der Waals surface area contributed by atoms with E-state index in [9.17, 15) is 5.11 Å². The van der Waals surface area contributed by atoms with Crippen molar-refractivity contribution >= 4 is 23.4 Å². The third-order valence-electron chi connectivity index (χ3n) is 3.31. The van der Waals surface area contributed by atoms with Gasteiger partial charge in [-0.1, -0.05) is 42.8 Å². The molecule has 0 fully saturated rings. The zero-order valence-electron chi connectivity index (χ0n) is 8.77. The number of phenols is 1. The summed E-state index contributed by atoms with van der Waals surface area (Å²) in [6, 6.07) is 5.72. The minimum absolute atomic E-state index is 0.0445. The Balaban J connectivity index is 2.20. The van der Waals surface area contributed by atoms with E-state index in [-0.39, 0.29) is 10.7 Å². The maximum Gasteiger partial charge on any atom is 0.129 e. The van der Waals surface area contributed by atoms with E-state index in [0.29, 0.717) is 5.75 Å². The number of halogens is 1. The zero-order chi connectivity index (χ0) is 11.3. The van der Waals surface area contributed by atoms with Gasteiger partial charge in [-0.25, -0.2) is 0 Å². The zero-order valence-corrected chi connectivity index (χ0v) is 10.3. The highest BCUT2D eigenvalue weighted by Gasteiger charge is 2.43. The SMILES string of the molecule is CC12C=CC(Cl)=CC1Sc1c(O)cccc12. The van der Waals surface area contributed by atoms with Crippen molar-refractivity contribution in [3.05, 3.63) is 47.0 Å². The lowest BCUT2D eigenvalue weighted by Crippen LogP contribution is -2.28. The van der Waals surface area contributed by atoms with Gasteiger partial charge in [-0.05, 0) is 17.7 Å². The number of phenolic OH excluding ortho intramolecular Hbond substituents is 1. The topological polar surface area (TPSA) is 20.2 Å². The van der Waals surface area contributed by atoms with Crippen molar-refractivity contribution in [2.24, 2.45) is 0 Å². The first-order valence-corrected chi connectivity index (χ1v) is 6.43. The van der Waals surface area contributed by atoms with Crippen molar-refractivity contribution in [1.82, 2.24) is 0 Å². The molecule has 1 heterocycles. The number of aromatic hydroxyl groups is 1. The van der Waals surface area contributed by atoms with Crippen LogP contribution < -0.4 is 0 Å². The molecule has 3 rings (SSSR count). The van der Waals surface area contributed by atoms with E-state index in [2.05, 4.69) is 25.1 Å². The summed E-state index contributed by atoms with van der Waals surface area (Å²) in [4.78, 5) is 0.988. The van der Waals surface area contributed by atoms with Crippen molar-refractivity contribution in [2.75, 3.05) is 0 Å². The Morgan fingerprint density at radius 2 is 2.25 bits per heavy atom. The van der Waals surface area contributed by atoms with Crippen molar-refractivity contribution in [3.8, 4) is 5.75 Å². The second-order valence-corrected chi connectivity index (χ2v) is 5.95. The molecule has 0 radical (unpaired) electrons. The quantitative estimate of drug-likeness (QED) is 0.756. The number of hydrogen-bond donors (Lipinski definition) is 1. The van der Waals surface area contributed by atoms with Crippen LogP contribution in [0.1, 0.15) is 12.5 Å². The third kappa shape index (κ3) is 1.26. The molecule has 16 heavy (non-hydrogen) atoms. The number of allylic oxidation sites excluding steroid dienone is 3. The maximum absolute atomic E-state index is 9.86. The van der Waals surface area contributed by atoms with Crippen molar-refractivity contribution < 1.29 is 5.11 Å². The molecule has 1 N–H and O–H groups in total. The summed E-state index contributed by atoms with van der Waals surface area (Å²) in [6.45, 7) is 2.19. The molecule has 82 valence electrons. The summed E-state index contributed by atoms with van der Waals surface area (Å²) < 4.78 is 0. The molecule has 0 saturated carbocycles. The maximum atomic E-state index is 9.86. The van der Waals surface area contributed by atoms with E-state index >= 15 is 0 Å². The van der Waals surface area contributed by atoms with E-state index in [1.165, 1.54) is 5.56 Å². The van der Waals surface area contributed by atoms with Crippen LogP contribution in [0, 0.1) is 0 Å². The van der Waals surface area contributed by atoms with E-state index < -0.39 is 0 Å². The number of thioether (sulfide) groups is 1. The average molecular weight is 251 g/mol. The minimum atomic E-state index is -0.0445.